The first-order chi connectivity index (χ1) is 8.26. The van der Waals surface area contributed by atoms with Crippen molar-refractivity contribution in [3.8, 4) is 0 Å². The zero-order valence-electron chi connectivity index (χ0n) is 9.66. The second kappa shape index (κ2) is 4.78. The van der Waals surface area contributed by atoms with Crippen LogP contribution in [0.5, 0.6) is 0 Å². The molecule has 0 saturated carbocycles. The second-order valence-electron chi connectivity index (χ2n) is 3.85. The molecule has 0 aliphatic heterocycles. The van der Waals surface area contributed by atoms with E-state index in [2.05, 4.69) is 5.32 Å². The molecule has 0 atom stereocenters. The Morgan fingerprint density at radius 3 is 2.59 bits per heavy atom. The van der Waals surface area contributed by atoms with Crippen LogP contribution in [0.2, 0.25) is 0 Å². The molecular weight excluding hydrogens is 212 g/mol. The van der Waals surface area contributed by atoms with Gasteiger partial charge in [-0.1, -0.05) is 36.4 Å². The third-order valence-electron chi connectivity index (χ3n) is 2.83. The van der Waals surface area contributed by atoms with Crippen LogP contribution in [0, 0.1) is 5.41 Å². The molecule has 0 heterocycles. The Kier molecular flexibility index (Phi) is 3.19. The van der Waals surface area contributed by atoms with Crippen molar-refractivity contribution in [1.29, 1.82) is 5.41 Å². The summed E-state index contributed by atoms with van der Waals surface area (Å²) in [6, 6.07) is 11.7. The molecule has 0 spiro atoms. The summed E-state index contributed by atoms with van der Waals surface area (Å²) in [5.41, 5.74) is 1.87. The van der Waals surface area contributed by atoms with Gasteiger partial charge in [0.25, 0.3) is 0 Å². The number of benzene rings is 2. The molecule has 0 aliphatic carbocycles. The molecular formula is C14H14N2O. The molecule has 0 aliphatic rings. The summed E-state index contributed by atoms with van der Waals surface area (Å²) in [6.45, 7) is 0. The molecule has 2 N–H and O–H groups in total. The molecule has 86 valence electrons. The van der Waals surface area contributed by atoms with E-state index < -0.39 is 0 Å². The minimum Gasteiger partial charge on any atom is -0.359 e. The Morgan fingerprint density at radius 2 is 1.94 bits per heavy atom. The number of nitrogens with one attached hydrogen (secondary N) is 2. The number of hydrogen-bond acceptors (Lipinski definition) is 2. The summed E-state index contributed by atoms with van der Waals surface area (Å²) < 4.78 is 0. The Morgan fingerprint density at radius 1 is 1.24 bits per heavy atom. The number of carbonyl (C=O) groups excluding carboxylic acids is 1. The van der Waals surface area contributed by atoms with E-state index in [1.807, 2.05) is 36.4 Å². The quantitative estimate of drug-likeness (QED) is 0.774. The fourth-order valence-electron chi connectivity index (χ4n) is 1.93. The molecule has 0 aromatic heterocycles. The average Bonchev–Trinajstić information content (AvgIpc) is 2.39. The Balaban J connectivity index is 2.58. The van der Waals surface area contributed by atoms with Crippen LogP contribution in [0.15, 0.2) is 36.4 Å². The molecule has 3 heteroatoms. The molecule has 0 fully saturated rings. The summed E-state index contributed by atoms with van der Waals surface area (Å²) in [5.74, 6) is -0.00208. The summed E-state index contributed by atoms with van der Waals surface area (Å²) in [5, 5.41) is 12.0. The van der Waals surface area contributed by atoms with Gasteiger partial charge in [-0.25, -0.2) is 0 Å². The van der Waals surface area contributed by atoms with Gasteiger partial charge in [0.15, 0.2) is 0 Å². The van der Waals surface area contributed by atoms with Crippen LogP contribution in [0.4, 0.5) is 0 Å². The van der Waals surface area contributed by atoms with Gasteiger partial charge < -0.3 is 10.7 Å². The van der Waals surface area contributed by atoms with Gasteiger partial charge in [0.05, 0.1) is 6.42 Å². The van der Waals surface area contributed by atoms with Gasteiger partial charge in [0, 0.05) is 13.3 Å². The maximum absolute atomic E-state index is 11.4. The predicted molar refractivity (Wildman–Crippen MR) is 69.6 cm³/mol. The summed E-state index contributed by atoms with van der Waals surface area (Å²) in [4.78, 5) is 11.4. The highest BCUT2D eigenvalue weighted by Crippen LogP contribution is 2.22. The van der Waals surface area contributed by atoms with Crippen LogP contribution in [0.25, 0.3) is 10.8 Å². The normalized spacial score (nSPS) is 10.2. The number of amides is 1. The lowest BCUT2D eigenvalue weighted by molar-refractivity contribution is -0.119. The van der Waals surface area contributed by atoms with Crippen molar-refractivity contribution < 1.29 is 4.79 Å². The SMILES string of the molecule is CNC(=O)Cc1ccc(C=N)c2ccccc12. The molecule has 1 amide bonds. The van der Waals surface area contributed by atoms with Crippen LogP contribution in [-0.4, -0.2) is 19.2 Å². The van der Waals surface area contributed by atoms with E-state index in [-0.39, 0.29) is 5.91 Å². The maximum Gasteiger partial charge on any atom is 0.224 e. The standard InChI is InChI=1S/C14H14N2O/c1-16-14(17)8-10-6-7-11(9-15)13-5-3-2-4-12(10)13/h2-7,9,15H,8H2,1H3,(H,16,17). The monoisotopic (exact) mass is 226 g/mol. The van der Waals surface area contributed by atoms with Gasteiger partial charge in [-0.15, -0.1) is 0 Å². The van der Waals surface area contributed by atoms with Crippen LogP contribution < -0.4 is 5.32 Å². The minimum absolute atomic E-state index is 0.00208. The van der Waals surface area contributed by atoms with Crippen molar-refractivity contribution in [3.63, 3.8) is 0 Å². The first-order valence-electron chi connectivity index (χ1n) is 5.48. The first kappa shape index (κ1) is 11.3. The molecule has 0 saturated heterocycles. The van der Waals surface area contributed by atoms with Crippen LogP contribution in [0.1, 0.15) is 11.1 Å². The highest BCUT2D eigenvalue weighted by atomic mass is 16.1. The summed E-state index contributed by atoms with van der Waals surface area (Å²) >= 11 is 0. The number of rotatable bonds is 3. The van der Waals surface area contributed by atoms with Crippen molar-refractivity contribution in [2.75, 3.05) is 7.05 Å². The van der Waals surface area contributed by atoms with Crippen molar-refractivity contribution in [3.05, 3.63) is 47.5 Å². The van der Waals surface area contributed by atoms with Gasteiger partial charge in [-0.3, -0.25) is 4.79 Å². The lowest BCUT2D eigenvalue weighted by Gasteiger charge is -2.08. The predicted octanol–water partition coefficient (Wildman–Crippen LogP) is 2.13. The minimum atomic E-state index is -0.00208. The van der Waals surface area contributed by atoms with Gasteiger partial charge in [0.2, 0.25) is 5.91 Å². The third kappa shape index (κ3) is 2.18. The fourth-order valence-corrected chi connectivity index (χ4v) is 1.93. The number of likely N-dealkylation sites (N-methyl/N-ethyl adjacent to an activating group) is 1. The summed E-state index contributed by atoms with van der Waals surface area (Å²) in [6.07, 6.45) is 1.71. The molecule has 0 unspecified atom stereocenters. The number of carbonyl (C=O) groups is 1. The first-order valence-corrected chi connectivity index (χ1v) is 5.48. The highest BCUT2D eigenvalue weighted by molar-refractivity contribution is 6.01. The van der Waals surface area contributed by atoms with Crippen LogP contribution in [0.3, 0.4) is 0 Å². The van der Waals surface area contributed by atoms with Gasteiger partial charge in [-0.2, -0.15) is 0 Å². The van der Waals surface area contributed by atoms with Crippen molar-refractivity contribution in [1.82, 2.24) is 5.32 Å². The number of hydrogen-bond donors (Lipinski definition) is 2. The van der Waals surface area contributed by atoms with Crippen molar-refractivity contribution >= 4 is 22.9 Å². The van der Waals surface area contributed by atoms with Crippen molar-refractivity contribution in [2.45, 2.75) is 6.42 Å². The van der Waals surface area contributed by atoms with E-state index in [1.165, 1.54) is 6.21 Å². The molecule has 3 nitrogen and oxygen atoms in total. The van der Waals surface area contributed by atoms with E-state index in [9.17, 15) is 4.79 Å². The van der Waals surface area contributed by atoms with Crippen molar-refractivity contribution in [2.24, 2.45) is 0 Å². The van der Waals surface area contributed by atoms with Gasteiger partial charge in [-0.05, 0) is 21.9 Å². The zero-order chi connectivity index (χ0) is 12.3. The lowest BCUT2D eigenvalue weighted by atomic mass is 9.98. The third-order valence-corrected chi connectivity index (χ3v) is 2.83. The average molecular weight is 226 g/mol. The zero-order valence-corrected chi connectivity index (χ0v) is 9.66. The van der Waals surface area contributed by atoms with Gasteiger partial charge >= 0.3 is 0 Å². The molecule has 2 rings (SSSR count). The second-order valence-corrected chi connectivity index (χ2v) is 3.85. The van der Waals surface area contributed by atoms with E-state index in [4.69, 9.17) is 5.41 Å². The topological polar surface area (TPSA) is 53.0 Å². The van der Waals surface area contributed by atoms with E-state index >= 15 is 0 Å². The molecule has 2 aromatic carbocycles. The number of fused-ring (bicyclic) bond motifs is 1. The molecule has 17 heavy (non-hydrogen) atoms. The van der Waals surface area contributed by atoms with E-state index in [0.29, 0.717) is 6.42 Å². The highest BCUT2D eigenvalue weighted by Gasteiger charge is 2.07. The molecule has 0 bridgehead atoms. The Bertz CT molecular complexity index is 575. The Labute approximate surface area is 100.0 Å². The Hall–Kier alpha value is -2.16. The molecule has 2 aromatic rings. The van der Waals surface area contributed by atoms with Gasteiger partial charge in [0.1, 0.15) is 0 Å². The lowest BCUT2D eigenvalue weighted by Crippen LogP contribution is -2.20. The van der Waals surface area contributed by atoms with Crippen LogP contribution >= 0.6 is 0 Å². The largest absolute Gasteiger partial charge is 0.359 e. The smallest absolute Gasteiger partial charge is 0.224 e. The fraction of sp³-hybridized carbons (Fsp3) is 0.143. The van der Waals surface area contributed by atoms with E-state index in [1.54, 1.807) is 7.05 Å². The summed E-state index contributed by atoms with van der Waals surface area (Å²) in [7, 11) is 1.64. The molecule has 0 radical (unpaired) electrons. The van der Waals surface area contributed by atoms with Crippen LogP contribution in [-0.2, 0) is 11.2 Å². The van der Waals surface area contributed by atoms with E-state index in [0.717, 1.165) is 21.9 Å². The maximum atomic E-state index is 11.4.